The largest absolute Gasteiger partial charge is 0.327 e. The Morgan fingerprint density at radius 2 is 1.76 bits per heavy atom. The fraction of sp³-hybridized carbons (Fsp3) is 0.158. The second-order valence-corrected chi connectivity index (χ2v) is 6.80. The van der Waals surface area contributed by atoms with Crippen molar-refractivity contribution < 1.29 is 9.59 Å². The van der Waals surface area contributed by atoms with Gasteiger partial charge in [-0.1, -0.05) is 40.2 Å². The standard InChI is InChI=1S/C19H18BrN3O2/c1-11-5-3-4-6-15(11)17-16(12(2)21-19(25)23-17)18(24)22-14-9-7-13(20)8-10-14/h3-10,17H,1-2H3,(H,22,24)(H2,21,23,25)/t17-/m0/s1. The van der Waals surface area contributed by atoms with Crippen molar-refractivity contribution in [3.63, 3.8) is 0 Å². The Bertz CT molecular complexity index is 859. The number of aryl methyl sites for hydroxylation is 1. The normalized spacial score (nSPS) is 16.9. The first kappa shape index (κ1) is 17.2. The van der Waals surface area contributed by atoms with Crippen LogP contribution in [-0.4, -0.2) is 11.9 Å². The molecule has 3 N–H and O–H groups in total. The summed E-state index contributed by atoms with van der Waals surface area (Å²) < 4.78 is 0.935. The number of urea groups is 1. The van der Waals surface area contributed by atoms with Gasteiger partial charge in [-0.15, -0.1) is 0 Å². The van der Waals surface area contributed by atoms with Crippen molar-refractivity contribution in [3.8, 4) is 0 Å². The molecule has 1 atom stereocenters. The lowest BCUT2D eigenvalue weighted by atomic mass is 9.92. The average molecular weight is 400 g/mol. The minimum absolute atomic E-state index is 0.249. The van der Waals surface area contributed by atoms with Gasteiger partial charge in [0.2, 0.25) is 0 Å². The van der Waals surface area contributed by atoms with Crippen LogP contribution in [0.2, 0.25) is 0 Å². The van der Waals surface area contributed by atoms with Crippen molar-refractivity contribution in [1.82, 2.24) is 10.6 Å². The highest BCUT2D eigenvalue weighted by molar-refractivity contribution is 9.10. The summed E-state index contributed by atoms with van der Waals surface area (Å²) in [5.41, 5.74) is 3.64. The Morgan fingerprint density at radius 1 is 1.08 bits per heavy atom. The predicted octanol–water partition coefficient (Wildman–Crippen LogP) is 4.02. The van der Waals surface area contributed by atoms with Crippen LogP contribution in [0.15, 0.2) is 64.3 Å². The summed E-state index contributed by atoms with van der Waals surface area (Å²) in [5, 5.41) is 8.43. The van der Waals surface area contributed by atoms with Crippen molar-refractivity contribution in [2.45, 2.75) is 19.9 Å². The predicted molar refractivity (Wildman–Crippen MR) is 101 cm³/mol. The minimum atomic E-state index is -0.495. The van der Waals surface area contributed by atoms with E-state index in [1.54, 1.807) is 6.92 Å². The average Bonchev–Trinajstić information content (AvgIpc) is 2.56. The molecule has 0 saturated carbocycles. The van der Waals surface area contributed by atoms with Gasteiger partial charge in [-0.3, -0.25) is 4.79 Å². The molecule has 0 bridgehead atoms. The molecular weight excluding hydrogens is 382 g/mol. The Hall–Kier alpha value is -2.60. The molecule has 3 amide bonds. The van der Waals surface area contributed by atoms with Crippen LogP contribution in [0.4, 0.5) is 10.5 Å². The number of nitrogens with one attached hydrogen (secondary N) is 3. The summed E-state index contributed by atoms with van der Waals surface area (Å²) in [6, 6.07) is 14.2. The van der Waals surface area contributed by atoms with E-state index in [9.17, 15) is 9.59 Å². The smallest absolute Gasteiger partial charge is 0.319 e. The molecule has 2 aromatic carbocycles. The Labute approximate surface area is 154 Å². The molecule has 0 aliphatic carbocycles. The fourth-order valence-electron chi connectivity index (χ4n) is 2.87. The SMILES string of the molecule is CC1=C(C(=O)Nc2ccc(Br)cc2)[C@H](c2ccccc2C)NC(=O)N1. The Kier molecular flexibility index (Phi) is 4.90. The number of halogens is 1. The number of anilines is 1. The Morgan fingerprint density at radius 3 is 2.44 bits per heavy atom. The third kappa shape index (κ3) is 3.74. The molecule has 6 heteroatoms. The van der Waals surface area contributed by atoms with Crippen molar-refractivity contribution in [1.29, 1.82) is 0 Å². The van der Waals surface area contributed by atoms with Gasteiger partial charge in [-0.25, -0.2) is 4.79 Å². The highest BCUT2D eigenvalue weighted by Gasteiger charge is 2.31. The molecule has 3 rings (SSSR count). The van der Waals surface area contributed by atoms with Crippen LogP contribution in [0.25, 0.3) is 0 Å². The van der Waals surface area contributed by atoms with Crippen molar-refractivity contribution in [3.05, 3.63) is 75.4 Å². The summed E-state index contributed by atoms with van der Waals surface area (Å²) >= 11 is 3.37. The van der Waals surface area contributed by atoms with E-state index in [1.165, 1.54) is 0 Å². The van der Waals surface area contributed by atoms with E-state index in [4.69, 9.17) is 0 Å². The van der Waals surface area contributed by atoms with Gasteiger partial charge < -0.3 is 16.0 Å². The molecule has 1 aliphatic heterocycles. The molecule has 25 heavy (non-hydrogen) atoms. The van der Waals surface area contributed by atoms with Gasteiger partial charge in [-0.2, -0.15) is 0 Å². The van der Waals surface area contributed by atoms with E-state index in [0.717, 1.165) is 15.6 Å². The molecule has 1 heterocycles. The maximum Gasteiger partial charge on any atom is 0.319 e. The third-order valence-electron chi connectivity index (χ3n) is 4.12. The molecule has 0 unspecified atom stereocenters. The zero-order valence-corrected chi connectivity index (χ0v) is 15.5. The molecular formula is C19H18BrN3O2. The number of rotatable bonds is 3. The molecule has 1 aliphatic rings. The first-order valence-electron chi connectivity index (χ1n) is 7.86. The fourth-order valence-corrected chi connectivity index (χ4v) is 3.13. The van der Waals surface area contributed by atoms with E-state index in [2.05, 4.69) is 31.9 Å². The van der Waals surface area contributed by atoms with Gasteiger partial charge >= 0.3 is 6.03 Å². The van der Waals surface area contributed by atoms with E-state index in [1.807, 2.05) is 55.5 Å². The maximum absolute atomic E-state index is 12.9. The number of carbonyl (C=O) groups is 2. The zero-order chi connectivity index (χ0) is 18.0. The molecule has 128 valence electrons. The van der Waals surface area contributed by atoms with E-state index >= 15 is 0 Å². The first-order valence-corrected chi connectivity index (χ1v) is 8.65. The third-order valence-corrected chi connectivity index (χ3v) is 4.64. The summed E-state index contributed by atoms with van der Waals surface area (Å²) in [5.74, 6) is -0.249. The van der Waals surface area contributed by atoms with Gasteiger partial charge in [-0.05, 0) is 49.2 Å². The van der Waals surface area contributed by atoms with Gasteiger partial charge in [0.15, 0.2) is 0 Å². The summed E-state index contributed by atoms with van der Waals surface area (Å²) in [4.78, 5) is 24.8. The summed E-state index contributed by atoms with van der Waals surface area (Å²) in [6.45, 7) is 3.70. The minimum Gasteiger partial charge on any atom is -0.327 e. The van der Waals surface area contributed by atoms with Crippen LogP contribution >= 0.6 is 15.9 Å². The number of benzene rings is 2. The second kappa shape index (κ2) is 7.11. The lowest BCUT2D eigenvalue weighted by Gasteiger charge is -2.29. The number of amides is 3. The summed E-state index contributed by atoms with van der Waals surface area (Å²) in [7, 11) is 0. The van der Waals surface area contributed by atoms with Crippen LogP contribution in [0.3, 0.4) is 0 Å². The molecule has 5 nitrogen and oxygen atoms in total. The lowest BCUT2D eigenvalue weighted by Crippen LogP contribution is -2.46. The first-order chi connectivity index (χ1) is 12.0. The second-order valence-electron chi connectivity index (χ2n) is 5.89. The van der Waals surface area contributed by atoms with Gasteiger partial charge in [0, 0.05) is 15.9 Å². The summed E-state index contributed by atoms with van der Waals surface area (Å²) in [6.07, 6.45) is 0. The van der Waals surface area contributed by atoms with E-state index in [0.29, 0.717) is 17.0 Å². The number of carbonyl (C=O) groups excluding carboxylic acids is 2. The molecule has 2 aromatic rings. The highest BCUT2D eigenvalue weighted by Crippen LogP contribution is 2.29. The number of hydrogen-bond acceptors (Lipinski definition) is 2. The van der Waals surface area contributed by atoms with Crippen LogP contribution in [0.1, 0.15) is 24.1 Å². The maximum atomic E-state index is 12.9. The monoisotopic (exact) mass is 399 g/mol. The molecule has 0 fully saturated rings. The number of hydrogen-bond donors (Lipinski definition) is 3. The van der Waals surface area contributed by atoms with Crippen molar-refractivity contribution in [2.24, 2.45) is 0 Å². The molecule has 0 aromatic heterocycles. The molecule has 0 saturated heterocycles. The lowest BCUT2D eigenvalue weighted by molar-refractivity contribution is -0.113. The topological polar surface area (TPSA) is 70.2 Å². The van der Waals surface area contributed by atoms with Crippen molar-refractivity contribution >= 4 is 33.6 Å². The van der Waals surface area contributed by atoms with Crippen LogP contribution < -0.4 is 16.0 Å². The highest BCUT2D eigenvalue weighted by atomic mass is 79.9. The zero-order valence-electron chi connectivity index (χ0n) is 13.9. The number of allylic oxidation sites excluding steroid dienone is 1. The van der Waals surface area contributed by atoms with E-state index in [-0.39, 0.29) is 11.9 Å². The van der Waals surface area contributed by atoms with Crippen LogP contribution in [-0.2, 0) is 4.79 Å². The van der Waals surface area contributed by atoms with E-state index < -0.39 is 6.04 Å². The van der Waals surface area contributed by atoms with Gasteiger partial charge in [0.1, 0.15) is 0 Å². The molecule has 0 radical (unpaired) electrons. The molecule has 0 spiro atoms. The van der Waals surface area contributed by atoms with Gasteiger partial charge in [0.25, 0.3) is 5.91 Å². The van der Waals surface area contributed by atoms with Gasteiger partial charge in [0.05, 0.1) is 11.6 Å². The van der Waals surface area contributed by atoms with Crippen molar-refractivity contribution in [2.75, 3.05) is 5.32 Å². The van der Waals surface area contributed by atoms with Crippen LogP contribution in [0, 0.1) is 6.92 Å². The van der Waals surface area contributed by atoms with Crippen LogP contribution in [0.5, 0.6) is 0 Å². The Balaban J connectivity index is 1.96. The quantitative estimate of drug-likeness (QED) is 0.728.